The Hall–Kier alpha value is -3.39. The molecule has 3 amide bonds. The molecule has 1 N–H and O–H groups in total. The second-order valence-electron chi connectivity index (χ2n) is 7.22. The van der Waals surface area contributed by atoms with Gasteiger partial charge in [0.25, 0.3) is 5.91 Å². The first-order valence-corrected chi connectivity index (χ1v) is 10.9. The van der Waals surface area contributed by atoms with Gasteiger partial charge in [-0.15, -0.1) is 13.2 Å². The zero-order valence-corrected chi connectivity index (χ0v) is 18.5. The molecule has 0 saturated carbocycles. The lowest BCUT2D eigenvalue weighted by atomic mass is 10.2. The van der Waals surface area contributed by atoms with Crippen LogP contribution in [0.2, 0.25) is 0 Å². The number of alkyl halides is 3. The average Bonchev–Trinajstić information content (AvgIpc) is 2.92. The SMILES string of the molecule is CC1C(=O)N(c2ccc(OC(F)(F)F)cc2)C(=O)N1Cc1ccncc1NS(=O)(=O)N(C)C. The molecule has 2 heterocycles. The molecule has 0 radical (unpaired) electrons. The summed E-state index contributed by atoms with van der Waals surface area (Å²) in [6.07, 6.45) is -2.18. The smallest absolute Gasteiger partial charge is 0.406 e. The number of carbonyl (C=O) groups excluding carboxylic acids is 2. The Morgan fingerprint density at radius 1 is 1.15 bits per heavy atom. The molecule has 0 spiro atoms. The van der Waals surface area contributed by atoms with Crippen LogP contribution in [0.4, 0.5) is 29.3 Å². The largest absolute Gasteiger partial charge is 0.573 e. The first-order valence-electron chi connectivity index (χ1n) is 9.43. The van der Waals surface area contributed by atoms with E-state index in [2.05, 4.69) is 14.4 Å². The number of aromatic nitrogens is 1. The van der Waals surface area contributed by atoms with Crippen LogP contribution in [0.3, 0.4) is 0 Å². The summed E-state index contributed by atoms with van der Waals surface area (Å²) in [5.41, 5.74) is 0.585. The lowest BCUT2D eigenvalue weighted by Crippen LogP contribution is -2.34. The van der Waals surface area contributed by atoms with E-state index in [1.54, 1.807) is 0 Å². The highest BCUT2D eigenvalue weighted by Crippen LogP contribution is 2.30. The molecule has 3 rings (SSSR count). The van der Waals surface area contributed by atoms with E-state index in [9.17, 15) is 31.2 Å². The number of ether oxygens (including phenoxy) is 1. The van der Waals surface area contributed by atoms with Crippen molar-refractivity contribution < 1.29 is 35.9 Å². The summed E-state index contributed by atoms with van der Waals surface area (Å²) in [6.45, 7) is 1.37. The van der Waals surface area contributed by atoms with Crippen molar-refractivity contribution in [3.05, 3.63) is 48.3 Å². The Labute approximate surface area is 187 Å². The van der Waals surface area contributed by atoms with Gasteiger partial charge in [-0.25, -0.2) is 9.69 Å². The van der Waals surface area contributed by atoms with Gasteiger partial charge >= 0.3 is 22.6 Å². The number of amides is 3. The third-order valence-corrected chi connectivity index (χ3v) is 6.22. The molecule has 10 nitrogen and oxygen atoms in total. The van der Waals surface area contributed by atoms with Crippen LogP contribution < -0.4 is 14.4 Å². The predicted octanol–water partition coefficient (Wildman–Crippen LogP) is 2.56. The summed E-state index contributed by atoms with van der Waals surface area (Å²) in [6, 6.07) is 4.20. The van der Waals surface area contributed by atoms with E-state index in [0.29, 0.717) is 5.56 Å². The minimum absolute atomic E-state index is 0.0668. The van der Waals surface area contributed by atoms with Crippen molar-refractivity contribution in [2.75, 3.05) is 23.7 Å². The number of halogens is 3. The molecule has 1 atom stereocenters. The van der Waals surface area contributed by atoms with Crippen LogP contribution >= 0.6 is 0 Å². The number of pyridine rings is 1. The number of hydrogen-bond donors (Lipinski definition) is 1. The maximum absolute atomic E-state index is 13.0. The van der Waals surface area contributed by atoms with Gasteiger partial charge in [0.05, 0.1) is 24.1 Å². The Kier molecular flexibility index (Phi) is 6.51. The van der Waals surface area contributed by atoms with Crippen molar-refractivity contribution in [2.24, 2.45) is 0 Å². The Morgan fingerprint density at radius 2 is 1.79 bits per heavy atom. The maximum atomic E-state index is 13.0. The van der Waals surface area contributed by atoms with Crippen molar-refractivity contribution in [1.29, 1.82) is 0 Å². The van der Waals surface area contributed by atoms with Crippen molar-refractivity contribution in [1.82, 2.24) is 14.2 Å². The summed E-state index contributed by atoms with van der Waals surface area (Å²) < 4.78 is 68.6. The fourth-order valence-corrected chi connectivity index (χ4v) is 3.66. The molecule has 1 aliphatic rings. The van der Waals surface area contributed by atoms with Crippen molar-refractivity contribution in [2.45, 2.75) is 25.9 Å². The molecular weight excluding hydrogens is 467 g/mol. The van der Waals surface area contributed by atoms with Gasteiger partial charge in [-0.2, -0.15) is 12.7 Å². The van der Waals surface area contributed by atoms with Gasteiger partial charge < -0.3 is 9.64 Å². The number of carbonyl (C=O) groups is 2. The zero-order valence-electron chi connectivity index (χ0n) is 17.7. The summed E-state index contributed by atoms with van der Waals surface area (Å²) >= 11 is 0. The molecular formula is C19H20F3N5O5S. The highest BCUT2D eigenvalue weighted by molar-refractivity contribution is 7.90. The molecule has 178 valence electrons. The third kappa shape index (κ3) is 5.34. The number of nitrogens with one attached hydrogen (secondary N) is 1. The van der Waals surface area contributed by atoms with Crippen LogP contribution in [0, 0.1) is 0 Å². The molecule has 1 aromatic heterocycles. The summed E-state index contributed by atoms with van der Waals surface area (Å²) in [5, 5.41) is 0. The number of imide groups is 1. The van der Waals surface area contributed by atoms with Crippen molar-refractivity contribution >= 4 is 33.5 Å². The second-order valence-corrected chi connectivity index (χ2v) is 9.11. The lowest BCUT2D eigenvalue weighted by molar-refractivity contribution is -0.274. The fourth-order valence-electron chi connectivity index (χ4n) is 3.01. The molecule has 1 fully saturated rings. The molecule has 33 heavy (non-hydrogen) atoms. The standard InChI is InChI=1S/C19H20F3N5O5S/c1-12-17(28)27(14-4-6-15(7-5-14)32-19(20,21)22)18(29)26(12)11-13-8-9-23-10-16(13)24-33(30,31)25(2)3/h4-10,12,24H,11H2,1-3H3. The van der Waals surface area contributed by atoms with Crippen LogP contribution in [-0.2, 0) is 21.5 Å². The second kappa shape index (κ2) is 8.86. The molecule has 14 heteroatoms. The monoisotopic (exact) mass is 487 g/mol. The van der Waals surface area contributed by atoms with Gasteiger partial charge in [0, 0.05) is 20.3 Å². The highest BCUT2D eigenvalue weighted by Gasteiger charge is 2.43. The van der Waals surface area contributed by atoms with Gasteiger partial charge in [0.1, 0.15) is 11.8 Å². The molecule has 0 bridgehead atoms. The number of benzene rings is 1. The van der Waals surface area contributed by atoms with Gasteiger partial charge in [-0.05, 0) is 42.8 Å². The highest BCUT2D eigenvalue weighted by atomic mass is 32.2. The van der Waals surface area contributed by atoms with E-state index in [1.165, 1.54) is 44.4 Å². The van der Waals surface area contributed by atoms with Crippen molar-refractivity contribution in [3.63, 3.8) is 0 Å². The lowest BCUT2D eigenvalue weighted by Gasteiger charge is -2.22. The topological polar surface area (TPSA) is 112 Å². The number of anilines is 2. The third-order valence-electron chi connectivity index (χ3n) is 4.78. The van der Waals surface area contributed by atoms with Crippen LogP contribution in [-0.4, -0.2) is 61.0 Å². The minimum atomic E-state index is -4.87. The Bertz CT molecular complexity index is 1160. The Morgan fingerprint density at radius 3 is 2.36 bits per heavy atom. The van der Waals surface area contributed by atoms with E-state index < -0.39 is 40.3 Å². The summed E-state index contributed by atoms with van der Waals surface area (Å²) in [4.78, 5) is 31.7. The number of rotatable bonds is 7. The van der Waals surface area contributed by atoms with Crippen LogP contribution in [0.5, 0.6) is 5.75 Å². The van der Waals surface area contributed by atoms with Crippen LogP contribution in [0.15, 0.2) is 42.7 Å². The molecule has 1 unspecified atom stereocenters. The molecule has 1 aliphatic heterocycles. The van der Waals surface area contributed by atoms with Gasteiger partial charge in [0.15, 0.2) is 0 Å². The predicted molar refractivity (Wildman–Crippen MR) is 111 cm³/mol. The van der Waals surface area contributed by atoms with E-state index in [4.69, 9.17) is 0 Å². The zero-order chi connectivity index (χ0) is 24.6. The van der Waals surface area contributed by atoms with E-state index in [0.717, 1.165) is 33.5 Å². The van der Waals surface area contributed by atoms with Gasteiger partial charge in [0.2, 0.25) is 0 Å². The summed E-state index contributed by atoms with van der Waals surface area (Å²) in [5.74, 6) is -1.08. The number of nitrogens with zero attached hydrogens (tertiary/aromatic N) is 4. The Balaban J connectivity index is 1.83. The number of urea groups is 1. The first kappa shape index (κ1) is 24.3. The summed E-state index contributed by atoms with van der Waals surface area (Å²) in [7, 11) is -1.17. The maximum Gasteiger partial charge on any atom is 0.573 e. The van der Waals surface area contributed by atoms with E-state index in [1.807, 2.05) is 0 Å². The first-order chi connectivity index (χ1) is 15.3. The van der Waals surface area contributed by atoms with Crippen molar-refractivity contribution in [3.8, 4) is 5.75 Å². The molecule has 2 aromatic rings. The average molecular weight is 487 g/mol. The quantitative estimate of drug-likeness (QED) is 0.601. The number of hydrogen-bond acceptors (Lipinski definition) is 6. The van der Waals surface area contributed by atoms with E-state index in [-0.39, 0.29) is 17.9 Å². The van der Waals surface area contributed by atoms with E-state index >= 15 is 0 Å². The normalized spacial score (nSPS) is 17.1. The molecule has 1 saturated heterocycles. The van der Waals surface area contributed by atoms with Crippen LogP contribution in [0.1, 0.15) is 12.5 Å². The van der Waals surface area contributed by atoms with Gasteiger partial charge in [-0.1, -0.05) is 0 Å². The molecule has 0 aliphatic carbocycles. The minimum Gasteiger partial charge on any atom is -0.406 e. The molecule has 1 aromatic carbocycles. The fraction of sp³-hybridized carbons (Fsp3) is 0.316. The van der Waals surface area contributed by atoms with Crippen LogP contribution in [0.25, 0.3) is 0 Å². The van der Waals surface area contributed by atoms with Gasteiger partial charge in [-0.3, -0.25) is 14.5 Å².